The van der Waals surface area contributed by atoms with Gasteiger partial charge in [-0.15, -0.1) is 0 Å². The van der Waals surface area contributed by atoms with Gasteiger partial charge in [-0.1, -0.05) is 19.9 Å². The highest BCUT2D eigenvalue weighted by Crippen LogP contribution is 2.25. The molecule has 0 saturated carbocycles. The molecule has 0 fully saturated rings. The van der Waals surface area contributed by atoms with Gasteiger partial charge >= 0.3 is 0 Å². The molecule has 5 heteroatoms. The molecule has 0 aromatic heterocycles. The van der Waals surface area contributed by atoms with Crippen LogP contribution in [0.15, 0.2) is 18.2 Å². The monoisotopic (exact) mass is 294 g/mol. The average molecular weight is 294 g/mol. The van der Waals surface area contributed by atoms with E-state index in [1.807, 2.05) is 6.92 Å². The summed E-state index contributed by atoms with van der Waals surface area (Å²) < 4.78 is 10.6. The molecule has 0 aliphatic rings. The lowest BCUT2D eigenvalue weighted by Gasteiger charge is -2.25. The second-order valence-electron chi connectivity index (χ2n) is 5.74. The normalized spacial score (nSPS) is 11.2. The topological polar surface area (TPSA) is 73.6 Å². The lowest BCUT2D eigenvalue weighted by atomic mass is 9.89. The number of anilines is 1. The Bertz CT molecular complexity index is 473. The molecule has 0 atom stereocenters. The number of methoxy groups -OCH3 is 1. The van der Waals surface area contributed by atoms with Crippen molar-refractivity contribution in [2.24, 2.45) is 5.41 Å². The van der Waals surface area contributed by atoms with Crippen LogP contribution in [0.1, 0.15) is 37.6 Å². The van der Waals surface area contributed by atoms with Gasteiger partial charge in [-0.3, -0.25) is 4.79 Å². The quantitative estimate of drug-likeness (QED) is 0.722. The van der Waals surface area contributed by atoms with Gasteiger partial charge in [-0.25, -0.2) is 0 Å². The number of carbonyl (C=O) groups is 1. The second kappa shape index (κ2) is 7.88. The summed E-state index contributed by atoms with van der Waals surface area (Å²) in [5, 5.41) is 2.93. The summed E-state index contributed by atoms with van der Waals surface area (Å²) in [5.41, 5.74) is 6.70. The van der Waals surface area contributed by atoms with Crippen molar-refractivity contribution in [1.82, 2.24) is 5.32 Å². The SMILES string of the molecule is CCOc1cccc(N)c1C(=O)NCC(C)(C)CCOC. The zero-order valence-electron chi connectivity index (χ0n) is 13.4. The minimum absolute atomic E-state index is 0.0407. The Balaban J connectivity index is 2.76. The highest BCUT2D eigenvalue weighted by Gasteiger charge is 2.21. The predicted octanol–water partition coefficient (Wildman–Crippen LogP) is 2.46. The molecule has 118 valence electrons. The number of rotatable bonds is 8. The van der Waals surface area contributed by atoms with Crippen molar-refractivity contribution >= 4 is 11.6 Å². The molecule has 3 N–H and O–H groups in total. The van der Waals surface area contributed by atoms with E-state index in [9.17, 15) is 4.79 Å². The van der Waals surface area contributed by atoms with Gasteiger partial charge in [-0.05, 0) is 30.9 Å². The maximum absolute atomic E-state index is 12.4. The lowest BCUT2D eigenvalue weighted by Crippen LogP contribution is -2.35. The molecule has 1 aromatic carbocycles. The number of amides is 1. The van der Waals surface area contributed by atoms with Gasteiger partial charge in [0.25, 0.3) is 5.91 Å². The predicted molar refractivity (Wildman–Crippen MR) is 84.6 cm³/mol. The number of hydrogen-bond acceptors (Lipinski definition) is 4. The minimum Gasteiger partial charge on any atom is -0.493 e. The molecule has 0 unspecified atom stereocenters. The third kappa shape index (κ3) is 5.27. The van der Waals surface area contributed by atoms with E-state index in [0.29, 0.717) is 36.8 Å². The first-order valence-electron chi connectivity index (χ1n) is 7.19. The van der Waals surface area contributed by atoms with Crippen LogP contribution in [0.25, 0.3) is 0 Å². The van der Waals surface area contributed by atoms with Gasteiger partial charge in [0.1, 0.15) is 11.3 Å². The Kier molecular flexibility index (Phi) is 6.49. The molecule has 5 nitrogen and oxygen atoms in total. The van der Waals surface area contributed by atoms with Crippen LogP contribution in [0.4, 0.5) is 5.69 Å². The van der Waals surface area contributed by atoms with E-state index in [-0.39, 0.29) is 11.3 Å². The summed E-state index contributed by atoms with van der Waals surface area (Å²) >= 11 is 0. The summed E-state index contributed by atoms with van der Waals surface area (Å²) in [5.74, 6) is 0.312. The van der Waals surface area contributed by atoms with E-state index in [0.717, 1.165) is 6.42 Å². The van der Waals surface area contributed by atoms with Crippen molar-refractivity contribution < 1.29 is 14.3 Å². The minimum atomic E-state index is -0.206. The van der Waals surface area contributed by atoms with E-state index in [1.54, 1.807) is 25.3 Å². The van der Waals surface area contributed by atoms with Crippen LogP contribution in [0.3, 0.4) is 0 Å². The fourth-order valence-electron chi connectivity index (χ4n) is 1.94. The molecule has 1 rings (SSSR count). The summed E-state index contributed by atoms with van der Waals surface area (Å²) in [7, 11) is 1.67. The van der Waals surface area contributed by atoms with E-state index < -0.39 is 0 Å². The lowest BCUT2D eigenvalue weighted by molar-refractivity contribution is 0.0918. The molecule has 0 aliphatic heterocycles. The first kappa shape index (κ1) is 17.3. The van der Waals surface area contributed by atoms with Gasteiger partial charge in [0.05, 0.1) is 6.61 Å². The molecular weight excluding hydrogens is 268 g/mol. The number of ether oxygens (including phenoxy) is 2. The van der Waals surface area contributed by atoms with E-state index in [1.165, 1.54) is 0 Å². The Morgan fingerprint density at radius 1 is 1.38 bits per heavy atom. The van der Waals surface area contributed by atoms with Crippen molar-refractivity contribution in [2.75, 3.05) is 32.6 Å². The van der Waals surface area contributed by atoms with Crippen LogP contribution in [0.5, 0.6) is 5.75 Å². The van der Waals surface area contributed by atoms with Gasteiger partial charge in [0.2, 0.25) is 0 Å². The van der Waals surface area contributed by atoms with Crippen molar-refractivity contribution in [3.05, 3.63) is 23.8 Å². The Hall–Kier alpha value is -1.75. The van der Waals surface area contributed by atoms with E-state index in [4.69, 9.17) is 15.2 Å². The van der Waals surface area contributed by atoms with Gasteiger partial charge in [0.15, 0.2) is 0 Å². The van der Waals surface area contributed by atoms with Gasteiger partial charge in [0, 0.05) is 25.9 Å². The number of benzene rings is 1. The Labute approximate surface area is 126 Å². The smallest absolute Gasteiger partial charge is 0.257 e. The van der Waals surface area contributed by atoms with Crippen LogP contribution < -0.4 is 15.8 Å². The van der Waals surface area contributed by atoms with Crippen molar-refractivity contribution in [3.63, 3.8) is 0 Å². The fraction of sp³-hybridized carbons (Fsp3) is 0.562. The number of nitrogens with one attached hydrogen (secondary N) is 1. The third-order valence-corrected chi connectivity index (χ3v) is 3.30. The molecule has 0 bridgehead atoms. The molecular formula is C16H26N2O3. The van der Waals surface area contributed by atoms with Crippen LogP contribution >= 0.6 is 0 Å². The molecule has 0 saturated heterocycles. The first-order chi connectivity index (χ1) is 9.91. The van der Waals surface area contributed by atoms with Gasteiger partial charge in [-0.2, -0.15) is 0 Å². The molecule has 1 aromatic rings. The molecule has 21 heavy (non-hydrogen) atoms. The van der Waals surface area contributed by atoms with Crippen LogP contribution in [0, 0.1) is 5.41 Å². The zero-order chi connectivity index (χ0) is 15.9. The highest BCUT2D eigenvalue weighted by molar-refractivity contribution is 6.01. The summed E-state index contributed by atoms with van der Waals surface area (Å²) in [4.78, 5) is 12.4. The summed E-state index contributed by atoms with van der Waals surface area (Å²) in [6.07, 6.45) is 0.867. The van der Waals surface area contributed by atoms with E-state index >= 15 is 0 Å². The first-order valence-corrected chi connectivity index (χ1v) is 7.19. The Morgan fingerprint density at radius 2 is 2.10 bits per heavy atom. The maximum Gasteiger partial charge on any atom is 0.257 e. The zero-order valence-corrected chi connectivity index (χ0v) is 13.4. The third-order valence-electron chi connectivity index (χ3n) is 3.30. The number of carbonyl (C=O) groups excluding carboxylic acids is 1. The van der Waals surface area contributed by atoms with Gasteiger partial charge < -0.3 is 20.5 Å². The van der Waals surface area contributed by atoms with Crippen molar-refractivity contribution in [3.8, 4) is 5.75 Å². The molecule has 1 amide bonds. The molecule has 0 heterocycles. The molecule has 0 spiro atoms. The highest BCUT2D eigenvalue weighted by atomic mass is 16.5. The van der Waals surface area contributed by atoms with Crippen molar-refractivity contribution in [2.45, 2.75) is 27.2 Å². The largest absolute Gasteiger partial charge is 0.493 e. The standard InChI is InChI=1S/C16H26N2O3/c1-5-21-13-8-6-7-12(17)14(13)15(19)18-11-16(2,3)9-10-20-4/h6-8H,5,9-11,17H2,1-4H3,(H,18,19). The van der Waals surface area contributed by atoms with Crippen LogP contribution in [0.2, 0.25) is 0 Å². The maximum atomic E-state index is 12.4. The van der Waals surface area contributed by atoms with Crippen LogP contribution in [-0.2, 0) is 4.74 Å². The number of nitrogen functional groups attached to an aromatic ring is 1. The summed E-state index contributed by atoms with van der Waals surface area (Å²) in [6.45, 7) is 7.76. The fourth-order valence-corrected chi connectivity index (χ4v) is 1.94. The molecule has 0 aliphatic carbocycles. The number of nitrogens with two attached hydrogens (primary N) is 1. The van der Waals surface area contributed by atoms with Crippen LogP contribution in [-0.4, -0.2) is 32.8 Å². The molecule has 0 radical (unpaired) electrons. The number of hydrogen-bond donors (Lipinski definition) is 2. The second-order valence-corrected chi connectivity index (χ2v) is 5.74. The average Bonchev–Trinajstić information content (AvgIpc) is 2.43. The van der Waals surface area contributed by atoms with E-state index in [2.05, 4.69) is 19.2 Å². The van der Waals surface area contributed by atoms with Crippen molar-refractivity contribution in [1.29, 1.82) is 0 Å². The summed E-state index contributed by atoms with van der Waals surface area (Å²) in [6, 6.07) is 5.23. The Morgan fingerprint density at radius 3 is 2.71 bits per heavy atom.